The van der Waals surface area contributed by atoms with E-state index >= 15 is 0 Å². The number of anilines is 1. The quantitative estimate of drug-likeness (QED) is 0.708. The molecule has 2 aliphatic rings. The number of amides is 2. The molecule has 4 heterocycles. The molecule has 0 spiro atoms. The monoisotopic (exact) mass is 431 g/mol. The van der Waals surface area contributed by atoms with Gasteiger partial charge in [-0.1, -0.05) is 0 Å². The standard InChI is InChI=1S/C21H29N5O3S/c1-13-10-26(11-14(2)29-13)21(28)18-15(3)17-19(23-12-24-20(17)30-18)22-7-5-9-25-8-4-6-16(25)27/h12-14H,4-11H2,1-3H3,(H,22,23,24)/t13-,14+. The first-order valence-electron chi connectivity index (χ1n) is 10.6. The van der Waals surface area contributed by atoms with Gasteiger partial charge in [-0.15, -0.1) is 11.3 Å². The Balaban J connectivity index is 1.47. The van der Waals surface area contributed by atoms with E-state index in [9.17, 15) is 9.59 Å². The third-order valence-electron chi connectivity index (χ3n) is 5.70. The number of carbonyl (C=O) groups excluding carboxylic acids is 2. The number of nitrogens with one attached hydrogen (secondary N) is 1. The molecule has 0 bridgehead atoms. The van der Waals surface area contributed by atoms with E-state index in [1.54, 1.807) is 0 Å². The van der Waals surface area contributed by atoms with Gasteiger partial charge < -0.3 is 19.9 Å². The van der Waals surface area contributed by atoms with E-state index in [-0.39, 0.29) is 24.0 Å². The Bertz CT molecular complexity index is 936. The number of aryl methyl sites for hydroxylation is 1. The van der Waals surface area contributed by atoms with Gasteiger partial charge in [0.1, 0.15) is 17.0 Å². The van der Waals surface area contributed by atoms with Crippen LogP contribution in [-0.2, 0) is 9.53 Å². The topological polar surface area (TPSA) is 87.7 Å². The molecule has 0 saturated carbocycles. The average Bonchev–Trinajstić information content (AvgIpc) is 3.27. The first-order chi connectivity index (χ1) is 14.4. The maximum absolute atomic E-state index is 13.2. The molecule has 1 N–H and O–H groups in total. The molecule has 2 amide bonds. The number of thiophene rings is 1. The highest BCUT2D eigenvalue weighted by Gasteiger charge is 2.29. The summed E-state index contributed by atoms with van der Waals surface area (Å²) in [5, 5.41) is 4.30. The van der Waals surface area contributed by atoms with Crippen LogP contribution in [0.15, 0.2) is 6.33 Å². The normalized spacial score (nSPS) is 22.2. The van der Waals surface area contributed by atoms with E-state index in [1.165, 1.54) is 17.7 Å². The Morgan fingerprint density at radius 3 is 2.77 bits per heavy atom. The molecule has 2 aromatic heterocycles. The van der Waals surface area contributed by atoms with E-state index < -0.39 is 0 Å². The fourth-order valence-electron chi connectivity index (χ4n) is 4.31. The zero-order valence-corrected chi connectivity index (χ0v) is 18.6. The highest BCUT2D eigenvalue weighted by molar-refractivity contribution is 7.20. The Hall–Kier alpha value is -2.26. The van der Waals surface area contributed by atoms with Crippen molar-refractivity contribution in [2.45, 2.75) is 52.2 Å². The SMILES string of the molecule is Cc1c(C(=O)N2C[C@@H](C)O[C@@H](C)C2)sc2ncnc(NCCCN3CCCC3=O)c12. The number of ether oxygens (including phenoxy) is 1. The van der Waals surface area contributed by atoms with E-state index in [1.807, 2.05) is 30.6 Å². The molecule has 0 unspecified atom stereocenters. The van der Waals surface area contributed by atoms with Gasteiger partial charge in [0, 0.05) is 39.1 Å². The number of carbonyl (C=O) groups is 2. The number of likely N-dealkylation sites (tertiary alicyclic amines) is 1. The van der Waals surface area contributed by atoms with Gasteiger partial charge in [-0.3, -0.25) is 9.59 Å². The highest BCUT2D eigenvalue weighted by Crippen LogP contribution is 2.34. The van der Waals surface area contributed by atoms with Crippen LogP contribution in [0.25, 0.3) is 10.2 Å². The molecule has 162 valence electrons. The number of fused-ring (bicyclic) bond motifs is 1. The molecule has 2 saturated heterocycles. The fourth-order valence-corrected chi connectivity index (χ4v) is 5.43. The van der Waals surface area contributed by atoms with Crippen LogP contribution in [0.2, 0.25) is 0 Å². The second kappa shape index (κ2) is 8.85. The summed E-state index contributed by atoms with van der Waals surface area (Å²) >= 11 is 1.43. The number of nitrogens with zero attached hydrogens (tertiary/aromatic N) is 4. The van der Waals surface area contributed by atoms with Crippen molar-refractivity contribution in [2.75, 3.05) is 38.0 Å². The van der Waals surface area contributed by atoms with Crippen LogP contribution < -0.4 is 5.32 Å². The summed E-state index contributed by atoms with van der Waals surface area (Å²) in [6, 6.07) is 0. The maximum Gasteiger partial charge on any atom is 0.264 e. The van der Waals surface area contributed by atoms with Crippen molar-refractivity contribution in [1.29, 1.82) is 0 Å². The Morgan fingerprint density at radius 1 is 1.30 bits per heavy atom. The number of rotatable bonds is 6. The van der Waals surface area contributed by atoms with Gasteiger partial charge >= 0.3 is 0 Å². The Morgan fingerprint density at radius 2 is 2.07 bits per heavy atom. The van der Waals surface area contributed by atoms with Gasteiger partial charge in [-0.05, 0) is 39.2 Å². The van der Waals surface area contributed by atoms with E-state index in [0.29, 0.717) is 26.1 Å². The van der Waals surface area contributed by atoms with Crippen molar-refractivity contribution in [2.24, 2.45) is 0 Å². The Kier molecular flexibility index (Phi) is 6.19. The second-order valence-corrected chi connectivity index (χ2v) is 9.19. The number of hydrogen-bond acceptors (Lipinski definition) is 7. The molecule has 9 heteroatoms. The summed E-state index contributed by atoms with van der Waals surface area (Å²) in [5.41, 5.74) is 0.921. The number of aromatic nitrogens is 2. The lowest BCUT2D eigenvalue weighted by Crippen LogP contribution is -2.48. The predicted molar refractivity (Wildman–Crippen MR) is 117 cm³/mol. The minimum atomic E-state index is 0.0342. The molecule has 8 nitrogen and oxygen atoms in total. The zero-order valence-electron chi connectivity index (χ0n) is 17.8. The van der Waals surface area contributed by atoms with Gasteiger partial charge in [0.2, 0.25) is 5.91 Å². The van der Waals surface area contributed by atoms with Crippen molar-refractivity contribution in [3.05, 3.63) is 16.8 Å². The highest BCUT2D eigenvalue weighted by atomic mass is 32.1. The summed E-state index contributed by atoms with van der Waals surface area (Å²) in [4.78, 5) is 39.1. The van der Waals surface area contributed by atoms with Crippen LogP contribution in [0.4, 0.5) is 5.82 Å². The largest absolute Gasteiger partial charge is 0.372 e. The molecule has 30 heavy (non-hydrogen) atoms. The molecule has 2 aliphatic heterocycles. The van der Waals surface area contributed by atoms with E-state index in [0.717, 1.165) is 52.4 Å². The van der Waals surface area contributed by atoms with Crippen molar-refractivity contribution in [1.82, 2.24) is 19.8 Å². The molecular formula is C21H29N5O3S. The van der Waals surface area contributed by atoms with Gasteiger partial charge in [0.05, 0.1) is 22.5 Å². The summed E-state index contributed by atoms with van der Waals surface area (Å²) in [6.45, 7) is 9.51. The summed E-state index contributed by atoms with van der Waals surface area (Å²) in [6.07, 6.45) is 4.10. The number of hydrogen-bond donors (Lipinski definition) is 1. The van der Waals surface area contributed by atoms with Gasteiger partial charge in [0.15, 0.2) is 0 Å². The van der Waals surface area contributed by atoms with Gasteiger partial charge in [-0.2, -0.15) is 0 Å². The lowest BCUT2D eigenvalue weighted by atomic mass is 10.1. The minimum Gasteiger partial charge on any atom is -0.372 e. The van der Waals surface area contributed by atoms with Crippen LogP contribution in [0, 0.1) is 6.92 Å². The molecule has 2 fully saturated rings. The van der Waals surface area contributed by atoms with Crippen LogP contribution >= 0.6 is 11.3 Å². The first kappa shape index (κ1) is 21.0. The minimum absolute atomic E-state index is 0.0342. The van der Waals surface area contributed by atoms with Crippen molar-refractivity contribution >= 4 is 39.2 Å². The van der Waals surface area contributed by atoms with E-state index in [2.05, 4.69) is 15.3 Å². The maximum atomic E-state index is 13.2. The van der Waals surface area contributed by atoms with Gasteiger partial charge in [-0.25, -0.2) is 9.97 Å². The lowest BCUT2D eigenvalue weighted by Gasteiger charge is -2.35. The zero-order chi connectivity index (χ0) is 21.3. The van der Waals surface area contributed by atoms with Crippen molar-refractivity contribution in [3.8, 4) is 0 Å². The summed E-state index contributed by atoms with van der Waals surface area (Å²) in [7, 11) is 0. The molecule has 0 aliphatic carbocycles. The molecule has 4 rings (SSSR count). The van der Waals surface area contributed by atoms with Crippen LogP contribution in [-0.4, -0.2) is 76.5 Å². The first-order valence-corrected chi connectivity index (χ1v) is 11.5. The summed E-state index contributed by atoms with van der Waals surface area (Å²) in [5.74, 6) is 1.04. The molecule has 0 radical (unpaired) electrons. The lowest BCUT2D eigenvalue weighted by molar-refractivity contribution is -0.127. The molecular weight excluding hydrogens is 402 g/mol. The van der Waals surface area contributed by atoms with Crippen LogP contribution in [0.1, 0.15) is 48.3 Å². The van der Waals surface area contributed by atoms with Crippen molar-refractivity contribution < 1.29 is 14.3 Å². The van der Waals surface area contributed by atoms with Crippen LogP contribution in [0.5, 0.6) is 0 Å². The van der Waals surface area contributed by atoms with Crippen LogP contribution in [0.3, 0.4) is 0 Å². The van der Waals surface area contributed by atoms with Crippen molar-refractivity contribution in [3.63, 3.8) is 0 Å². The van der Waals surface area contributed by atoms with Gasteiger partial charge in [0.25, 0.3) is 5.91 Å². The predicted octanol–water partition coefficient (Wildman–Crippen LogP) is 2.67. The summed E-state index contributed by atoms with van der Waals surface area (Å²) < 4.78 is 5.76. The van der Waals surface area contributed by atoms with E-state index in [4.69, 9.17) is 4.74 Å². The molecule has 2 atom stereocenters. The molecule has 2 aromatic rings. The average molecular weight is 432 g/mol. The fraction of sp³-hybridized carbons (Fsp3) is 0.619. The Labute approximate surface area is 180 Å². The third kappa shape index (κ3) is 4.27. The number of morpholine rings is 1. The smallest absolute Gasteiger partial charge is 0.264 e. The third-order valence-corrected chi connectivity index (χ3v) is 6.88. The molecule has 0 aromatic carbocycles. The second-order valence-electron chi connectivity index (χ2n) is 8.19.